The average molecular weight is 189 g/mol. The molecule has 1 aromatic rings. The minimum Gasteiger partial charge on any atom is -0.238 e. The molecule has 0 aliphatic heterocycles. The molecule has 11 heavy (non-hydrogen) atoms. The number of rotatable bonds is 2. The third kappa shape index (κ3) is 1.91. The number of halogens is 1. The third-order valence-corrected chi connectivity index (χ3v) is 1.67. The molecule has 0 bridgehead atoms. The van der Waals surface area contributed by atoms with E-state index in [2.05, 4.69) is 22.8 Å². The van der Waals surface area contributed by atoms with Crippen molar-refractivity contribution in [2.24, 2.45) is 5.18 Å². The lowest BCUT2D eigenvalue weighted by molar-refractivity contribution is 1.16. The van der Waals surface area contributed by atoms with Crippen LogP contribution in [0, 0.1) is 4.91 Å². The van der Waals surface area contributed by atoms with Gasteiger partial charge in [-0.3, -0.25) is 0 Å². The lowest BCUT2D eigenvalue weighted by atomic mass is 10.3. The Bertz CT molecular complexity index is 279. The van der Waals surface area contributed by atoms with Crippen molar-refractivity contribution >= 4 is 29.9 Å². The Morgan fingerprint density at radius 2 is 2.36 bits per heavy atom. The highest BCUT2D eigenvalue weighted by atomic mass is 35.5. The molecular weight excluding hydrogens is 184 g/mol. The molecule has 0 unspecified atom stereocenters. The van der Waals surface area contributed by atoms with E-state index in [1.54, 1.807) is 0 Å². The highest BCUT2D eigenvalue weighted by Crippen LogP contribution is 2.20. The van der Waals surface area contributed by atoms with Gasteiger partial charge >= 0.3 is 0 Å². The summed E-state index contributed by atoms with van der Waals surface area (Å²) in [6.45, 7) is 0. The Labute approximate surface area is 74.2 Å². The van der Waals surface area contributed by atoms with E-state index in [0.29, 0.717) is 22.3 Å². The van der Waals surface area contributed by atoms with Gasteiger partial charge in [-0.05, 0) is 17.3 Å². The molecule has 1 aromatic heterocycles. The summed E-state index contributed by atoms with van der Waals surface area (Å²) in [6.07, 6.45) is 0. The molecule has 0 aromatic carbocycles. The first-order valence-corrected chi connectivity index (χ1v) is 3.88. The molecule has 0 atom stereocenters. The molecule has 3 nitrogen and oxygen atoms in total. The summed E-state index contributed by atoms with van der Waals surface area (Å²) in [5.74, 6) is 0.363. The van der Waals surface area contributed by atoms with Crippen LogP contribution in [0.1, 0.15) is 5.69 Å². The van der Waals surface area contributed by atoms with Gasteiger partial charge in [0.1, 0.15) is 10.8 Å². The predicted octanol–water partition coefficient (Wildman–Crippen LogP) is 2.56. The molecule has 0 saturated carbocycles. The molecule has 0 aliphatic carbocycles. The van der Waals surface area contributed by atoms with Crippen molar-refractivity contribution in [3.63, 3.8) is 0 Å². The van der Waals surface area contributed by atoms with E-state index in [4.69, 9.17) is 11.6 Å². The Balaban J connectivity index is 3.16. The second-order valence-electron chi connectivity index (χ2n) is 1.85. The molecule has 0 aliphatic rings. The van der Waals surface area contributed by atoms with E-state index in [0.717, 1.165) is 0 Å². The van der Waals surface area contributed by atoms with Gasteiger partial charge in [0.05, 0.1) is 5.69 Å². The van der Waals surface area contributed by atoms with Gasteiger partial charge in [0.25, 0.3) is 0 Å². The molecule has 0 saturated heterocycles. The first-order valence-electron chi connectivity index (χ1n) is 2.87. The maximum absolute atomic E-state index is 10.1. The van der Waals surface area contributed by atoms with Crippen LogP contribution in [-0.4, -0.2) is 4.98 Å². The van der Waals surface area contributed by atoms with Crippen LogP contribution in [0.25, 0.3) is 0 Å². The number of nitroso groups, excluding NO2 is 1. The van der Waals surface area contributed by atoms with Crippen molar-refractivity contribution in [2.45, 2.75) is 5.75 Å². The molecule has 1 rings (SSSR count). The molecule has 0 radical (unpaired) electrons. The third-order valence-electron chi connectivity index (χ3n) is 1.16. The van der Waals surface area contributed by atoms with Crippen molar-refractivity contribution in [3.8, 4) is 0 Å². The highest BCUT2D eigenvalue weighted by molar-refractivity contribution is 7.79. The van der Waals surface area contributed by atoms with Crippen molar-refractivity contribution in [2.75, 3.05) is 0 Å². The van der Waals surface area contributed by atoms with Crippen molar-refractivity contribution in [1.29, 1.82) is 0 Å². The van der Waals surface area contributed by atoms with Crippen LogP contribution in [0.4, 0.5) is 5.69 Å². The van der Waals surface area contributed by atoms with E-state index < -0.39 is 0 Å². The molecule has 0 fully saturated rings. The Kier molecular flexibility index (Phi) is 2.84. The summed E-state index contributed by atoms with van der Waals surface area (Å²) in [7, 11) is 0. The standard InChI is InChI=1S/C6H5ClN2OS/c7-6-2-1-4(9-10)5(3-11)8-6/h1-2,11H,3H2. The van der Waals surface area contributed by atoms with E-state index in [9.17, 15) is 4.91 Å². The maximum Gasteiger partial charge on any atom is 0.130 e. The van der Waals surface area contributed by atoms with Gasteiger partial charge in [-0.1, -0.05) is 11.6 Å². The molecule has 0 spiro atoms. The van der Waals surface area contributed by atoms with Crippen LogP contribution >= 0.6 is 24.2 Å². The second-order valence-corrected chi connectivity index (χ2v) is 2.55. The Morgan fingerprint density at radius 3 is 2.91 bits per heavy atom. The van der Waals surface area contributed by atoms with Gasteiger partial charge in [-0.2, -0.15) is 12.6 Å². The van der Waals surface area contributed by atoms with Gasteiger partial charge in [0.15, 0.2) is 0 Å². The molecule has 0 N–H and O–H groups in total. The summed E-state index contributed by atoms with van der Waals surface area (Å²) < 4.78 is 0. The van der Waals surface area contributed by atoms with E-state index >= 15 is 0 Å². The highest BCUT2D eigenvalue weighted by Gasteiger charge is 2.02. The van der Waals surface area contributed by atoms with Gasteiger partial charge < -0.3 is 0 Å². The number of hydrogen-bond donors (Lipinski definition) is 1. The Hall–Kier alpha value is -0.610. The summed E-state index contributed by atoms with van der Waals surface area (Å²) in [6, 6.07) is 3.04. The first-order chi connectivity index (χ1) is 5.27. The van der Waals surface area contributed by atoms with E-state index in [-0.39, 0.29) is 0 Å². The molecule has 58 valence electrons. The number of hydrogen-bond acceptors (Lipinski definition) is 4. The lowest BCUT2D eigenvalue weighted by Gasteiger charge is -1.97. The number of thiol groups is 1. The zero-order valence-corrected chi connectivity index (χ0v) is 7.14. The van der Waals surface area contributed by atoms with Gasteiger partial charge in [0.2, 0.25) is 0 Å². The predicted molar refractivity (Wildman–Crippen MR) is 47.4 cm³/mol. The van der Waals surface area contributed by atoms with Gasteiger partial charge in [-0.25, -0.2) is 4.98 Å². The molecule has 5 heteroatoms. The van der Waals surface area contributed by atoms with Gasteiger partial charge in [-0.15, -0.1) is 4.91 Å². The minimum absolute atomic E-state index is 0.296. The van der Waals surface area contributed by atoms with E-state index in [1.807, 2.05) is 0 Å². The van der Waals surface area contributed by atoms with Crippen LogP contribution in [0.5, 0.6) is 0 Å². The summed E-state index contributed by atoms with van der Waals surface area (Å²) >= 11 is 9.52. The first kappa shape index (κ1) is 8.49. The monoisotopic (exact) mass is 188 g/mol. The van der Waals surface area contributed by atoms with Crippen LogP contribution in [0.3, 0.4) is 0 Å². The summed E-state index contributed by atoms with van der Waals surface area (Å²) in [5.41, 5.74) is 0.806. The largest absolute Gasteiger partial charge is 0.238 e. The number of pyridine rings is 1. The zero-order chi connectivity index (χ0) is 8.27. The van der Waals surface area contributed by atoms with Crippen LogP contribution in [0.2, 0.25) is 5.15 Å². The SMILES string of the molecule is O=Nc1ccc(Cl)nc1CS. The summed E-state index contributed by atoms with van der Waals surface area (Å²) in [5, 5.41) is 3.11. The molecular formula is C6H5ClN2OS. The molecule has 0 amide bonds. The fraction of sp³-hybridized carbons (Fsp3) is 0.167. The fourth-order valence-electron chi connectivity index (χ4n) is 0.667. The average Bonchev–Trinajstić information content (AvgIpc) is 2.04. The van der Waals surface area contributed by atoms with Crippen molar-refractivity contribution < 1.29 is 0 Å². The second kappa shape index (κ2) is 3.69. The van der Waals surface area contributed by atoms with Crippen LogP contribution < -0.4 is 0 Å². The molecule has 1 heterocycles. The Morgan fingerprint density at radius 1 is 1.64 bits per heavy atom. The van der Waals surface area contributed by atoms with Crippen LogP contribution in [0.15, 0.2) is 17.3 Å². The quantitative estimate of drug-likeness (QED) is 0.440. The number of aromatic nitrogens is 1. The fourth-order valence-corrected chi connectivity index (χ4v) is 1.06. The van der Waals surface area contributed by atoms with Crippen molar-refractivity contribution in [3.05, 3.63) is 27.9 Å². The van der Waals surface area contributed by atoms with Crippen molar-refractivity contribution in [1.82, 2.24) is 4.98 Å². The number of nitrogens with zero attached hydrogens (tertiary/aromatic N) is 2. The summed E-state index contributed by atoms with van der Waals surface area (Å²) in [4.78, 5) is 14.0. The lowest BCUT2D eigenvalue weighted by Crippen LogP contribution is -1.85. The normalized spacial score (nSPS) is 9.64. The zero-order valence-electron chi connectivity index (χ0n) is 5.49. The van der Waals surface area contributed by atoms with Gasteiger partial charge in [0, 0.05) is 5.75 Å². The maximum atomic E-state index is 10.1. The smallest absolute Gasteiger partial charge is 0.130 e. The van der Waals surface area contributed by atoms with Crippen LogP contribution in [-0.2, 0) is 5.75 Å². The van der Waals surface area contributed by atoms with E-state index in [1.165, 1.54) is 12.1 Å². The topological polar surface area (TPSA) is 42.3 Å². The minimum atomic E-state index is 0.296.